The minimum Gasteiger partial charge on any atom is -0.431 e. The van der Waals surface area contributed by atoms with Crippen LogP contribution in [0.25, 0.3) is 11.1 Å². The molecule has 19 heavy (non-hydrogen) atoms. The molecule has 96 valence electrons. The maximum atomic E-state index is 5.94. The third-order valence-corrected chi connectivity index (χ3v) is 3.63. The van der Waals surface area contributed by atoms with E-state index in [0.717, 1.165) is 21.7 Å². The van der Waals surface area contributed by atoms with Crippen LogP contribution in [0.1, 0.15) is 18.5 Å². The normalized spacial score (nSPS) is 12.7. The highest BCUT2D eigenvalue weighted by atomic mass is 32.2. The van der Waals surface area contributed by atoms with Crippen LogP contribution in [0.3, 0.4) is 0 Å². The predicted molar refractivity (Wildman–Crippen MR) is 75.0 cm³/mol. The molecule has 0 fully saturated rings. The lowest BCUT2D eigenvalue weighted by Gasteiger charge is -2.08. The molecule has 0 radical (unpaired) electrons. The molecule has 0 amide bonds. The summed E-state index contributed by atoms with van der Waals surface area (Å²) in [7, 11) is 0. The van der Waals surface area contributed by atoms with Gasteiger partial charge in [-0.15, -0.1) is 0 Å². The molecule has 5 heteroatoms. The zero-order valence-electron chi connectivity index (χ0n) is 10.4. The zero-order chi connectivity index (χ0) is 13.2. The second-order valence-corrected chi connectivity index (χ2v) is 5.18. The van der Waals surface area contributed by atoms with Crippen LogP contribution in [0.15, 0.2) is 57.3 Å². The monoisotopic (exact) mass is 271 g/mol. The Balaban J connectivity index is 1.97. The fraction of sp³-hybridized carbons (Fsp3) is 0.143. The summed E-state index contributed by atoms with van der Waals surface area (Å²) in [6.07, 6.45) is 1.75. The third-order valence-electron chi connectivity index (χ3n) is 2.75. The lowest BCUT2D eigenvalue weighted by atomic mass is 10.2. The average molecular weight is 271 g/mol. The van der Waals surface area contributed by atoms with Gasteiger partial charge in [-0.1, -0.05) is 18.2 Å². The van der Waals surface area contributed by atoms with Gasteiger partial charge in [0.2, 0.25) is 0 Å². The van der Waals surface area contributed by atoms with Gasteiger partial charge in [0.25, 0.3) is 5.22 Å². The van der Waals surface area contributed by atoms with Crippen LogP contribution in [0.5, 0.6) is 0 Å². The van der Waals surface area contributed by atoms with Crippen LogP contribution in [0.2, 0.25) is 0 Å². The quantitative estimate of drug-likeness (QED) is 0.791. The first kappa shape index (κ1) is 12.2. The Morgan fingerprint density at radius 1 is 1.21 bits per heavy atom. The van der Waals surface area contributed by atoms with Crippen molar-refractivity contribution in [2.45, 2.75) is 23.2 Å². The minimum atomic E-state index is -0.0689. The van der Waals surface area contributed by atoms with E-state index < -0.39 is 0 Å². The van der Waals surface area contributed by atoms with Gasteiger partial charge in [0.1, 0.15) is 10.5 Å². The number of hydrogen-bond donors (Lipinski definition) is 1. The number of oxazole rings is 1. The van der Waals surface area contributed by atoms with Crippen molar-refractivity contribution in [2.75, 3.05) is 0 Å². The summed E-state index contributed by atoms with van der Waals surface area (Å²) in [5.41, 5.74) is 8.57. The summed E-state index contributed by atoms with van der Waals surface area (Å²) in [4.78, 5) is 8.77. The van der Waals surface area contributed by atoms with E-state index in [9.17, 15) is 0 Å². The van der Waals surface area contributed by atoms with Crippen LogP contribution in [-0.4, -0.2) is 9.97 Å². The molecule has 0 spiro atoms. The van der Waals surface area contributed by atoms with E-state index >= 15 is 0 Å². The number of rotatable bonds is 3. The van der Waals surface area contributed by atoms with Crippen molar-refractivity contribution in [3.05, 3.63) is 48.2 Å². The number of pyridine rings is 1. The van der Waals surface area contributed by atoms with E-state index in [2.05, 4.69) is 9.97 Å². The minimum absolute atomic E-state index is 0.0689. The summed E-state index contributed by atoms with van der Waals surface area (Å²) < 4.78 is 5.68. The number of para-hydroxylation sites is 2. The Kier molecular flexibility index (Phi) is 3.23. The first-order valence-corrected chi connectivity index (χ1v) is 6.79. The fourth-order valence-corrected chi connectivity index (χ4v) is 2.74. The van der Waals surface area contributed by atoms with Crippen molar-refractivity contribution in [3.63, 3.8) is 0 Å². The number of nitrogens with zero attached hydrogens (tertiary/aromatic N) is 2. The van der Waals surface area contributed by atoms with E-state index in [0.29, 0.717) is 5.22 Å². The molecule has 0 bridgehead atoms. The van der Waals surface area contributed by atoms with E-state index in [1.165, 1.54) is 11.8 Å². The van der Waals surface area contributed by atoms with Gasteiger partial charge in [-0.25, -0.2) is 9.97 Å². The molecule has 0 saturated carbocycles. The molecule has 2 heterocycles. The summed E-state index contributed by atoms with van der Waals surface area (Å²) in [5, 5.41) is 1.42. The second kappa shape index (κ2) is 5.03. The Bertz CT molecular complexity index is 675. The van der Waals surface area contributed by atoms with Gasteiger partial charge in [-0.2, -0.15) is 0 Å². The largest absolute Gasteiger partial charge is 0.431 e. The first-order valence-electron chi connectivity index (χ1n) is 5.98. The molecule has 1 aromatic carbocycles. The lowest BCUT2D eigenvalue weighted by Crippen LogP contribution is -2.07. The van der Waals surface area contributed by atoms with Gasteiger partial charge in [-0.05, 0) is 36.9 Å². The van der Waals surface area contributed by atoms with Crippen LogP contribution in [0.4, 0.5) is 0 Å². The third kappa shape index (κ3) is 2.47. The van der Waals surface area contributed by atoms with Crippen LogP contribution in [-0.2, 0) is 0 Å². The molecule has 1 unspecified atom stereocenters. The van der Waals surface area contributed by atoms with E-state index in [-0.39, 0.29) is 6.04 Å². The van der Waals surface area contributed by atoms with Crippen molar-refractivity contribution >= 4 is 22.9 Å². The number of fused-ring (bicyclic) bond motifs is 1. The second-order valence-electron chi connectivity index (χ2n) is 4.24. The van der Waals surface area contributed by atoms with Gasteiger partial charge in [0.05, 0.1) is 0 Å². The summed E-state index contributed by atoms with van der Waals surface area (Å²) in [6.45, 7) is 1.94. The molecule has 0 aliphatic rings. The highest BCUT2D eigenvalue weighted by Crippen LogP contribution is 2.32. The SMILES string of the molecule is CC(N)c1cccnc1Sc1nc2ccccc2o1. The van der Waals surface area contributed by atoms with Gasteiger partial charge >= 0.3 is 0 Å². The standard InChI is InChI=1S/C14H13N3OS/c1-9(15)10-5-4-8-16-13(10)19-14-17-11-6-2-3-7-12(11)18-14/h2-9H,15H2,1H3. The Hall–Kier alpha value is -1.85. The first-order chi connectivity index (χ1) is 9.24. The summed E-state index contributed by atoms with van der Waals surface area (Å²) in [5.74, 6) is 0. The number of aromatic nitrogens is 2. The number of nitrogens with two attached hydrogens (primary N) is 1. The molecule has 0 aliphatic carbocycles. The highest BCUT2D eigenvalue weighted by Gasteiger charge is 2.13. The van der Waals surface area contributed by atoms with Crippen molar-refractivity contribution in [3.8, 4) is 0 Å². The molecular weight excluding hydrogens is 258 g/mol. The maximum Gasteiger partial charge on any atom is 0.263 e. The molecule has 0 aliphatic heterocycles. The highest BCUT2D eigenvalue weighted by molar-refractivity contribution is 7.99. The van der Waals surface area contributed by atoms with Gasteiger partial charge < -0.3 is 10.2 Å². The Labute approximate surface area is 115 Å². The molecule has 0 saturated heterocycles. The molecule has 2 N–H and O–H groups in total. The molecule has 3 aromatic rings. The number of hydrogen-bond acceptors (Lipinski definition) is 5. The van der Waals surface area contributed by atoms with Gasteiger partial charge in [-0.3, -0.25) is 0 Å². The molecule has 4 nitrogen and oxygen atoms in total. The molecule has 1 atom stereocenters. The van der Waals surface area contributed by atoms with Crippen LogP contribution >= 0.6 is 11.8 Å². The molecule has 2 aromatic heterocycles. The summed E-state index contributed by atoms with van der Waals surface area (Å²) in [6, 6.07) is 11.5. The van der Waals surface area contributed by atoms with E-state index in [4.69, 9.17) is 10.2 Å². The summed E-state index contributed by atoms with van der Waals surface area (Å²) >= 11 is 1.40. The van der Waals surface area contributed by atoms with Crippen molar-refractivity contribution in [1.82, 2.24) is 9.97 Å². The van der Waals surface area contributed by atoms with Crippen LogP contribution < -0.4 is 5.73 Å². The van der Waals surface area contributed by atoms with Crippen molar-refractivity contribution < 1.29 is 4.42 Å². The molecule has 3 rings (SSSR count). The fourth-order valence-electron chi connectivity index (χ4n) is 1.81. The van der Waals surface area contributed by atoms with E-state index in [1.807, 2.05) is 43.3 Å². The predicted octanol–water partition coefficient (Wildman–Crippen LogP) is 3.39. The zero-order valence-corrected chi connectivity index (χ0v) is 11.2. The van der Waals surface area contributed by atoms with Gasteiger partial charge in [0, 0.05) is 17.8 Å². The average Bonchev–Trinajstić information content (AvgIpc) is 2.81. The topological polar surface area (TPSA) is 64.9 Å². The smallest absolute Gasteiger partial charge is 0.263 e. The Morgan fingerprint density at radius 3 is 2.84 bits per heavy atom. The lowest BCUT2D eigenvalue weighted by molar-refractivity contribution is 0.489. The van der Waals surface area contributed by atoms with Gasteiger partial charge in [0.15, 0.2) is 5.58 Å². The Morgan fingerprint density at radius 2 is 2.05 bits per heavy atom. The van der Waals surface area contributed by atoms with Crippen LogP contribution in [0, 0.1) is 0 Å². The van der Waals surface area contributed by atoms with E-state index in [1.54, 1.807) is 6.20 Å². The molecular formula is C14H13N3OS. The number of benzene rings is 1. The van der Waals surface area contributed by atoms with Crippen molar-refractivity contribution in [2.24, 2.45) is 5.73 Å². The maximum absolute atomic E-state index is 5.94. The van der Waals surface area contributed by atoms with Crippen molar-refractivity contribution in [1.29, 1.82) is 0 Å².